The Balaban J connectivity index is 2.21. The van der Waals surface area contributed by atoms with Gasteiger partial charge in [0.1, 0.15) is 18.0 Å². The van der Waals surface area contributed by atoms with Crippen LogP contribution in [0.5, 0.6) is 0 Å². The fraction of sp³-hybridized carbons (Fsp3) is 0.417. The lowest BCUT2D eigenvalue weighted by Crippen LogP contribution is -2.19. The quantitative estimate of drug-likeness (QED) is 0.916. The zero-order chi connectivity index (χ0) is 13.1. The van der Waals surface area contributed by atoms with Gasteiger partial charge in [-0.1, -0.05) is 0 Å². The Kier molecular flexibility index (Phi) is 3.76. The third-order valence-corrected chi connectivity index (χ3v) is 3.54. The van der Waals surface area contributed by atoms with E-state index in [9.17, 15) is 0 Å². The predicted octanol–water partition coefficient (Wildman–Crippen LogP) is 2.23. The number of anilines is 2. The first kappa shape index (κ1) is 12.8. The Morgan fingerprint density at radius 3 is 2.72 bits per heavy atom. The molecule has 0 fully saturated rings. The van der Waals surface area contributed by atoms with Crippen molar-refractivity contribution in [3.8, 4) is 0 Å². The maximum atomic E-state index is 4.47. The number of nitrogens with one attached hydrogen (secondary N) is 1. The molecule has 5 nitrogen and oxygen atoms in total. The maximum absolute atomic E-state index is 4.47. The molecule has 18 heavy (non-hydrogen) atoms. The van der Waals surface area contributed by atoms with Gasteiger partial charge in [0, 0.05) is 25.0 Å². The van der Waals surface area contributed by atoms with Crippen LogP contribution >= 0.6 is 11.3 Å². The highest BCUT2D eigenvalue weighted by molar-refractivity contribution is 7.09. The van der Waals surface area contributed by atoms with Gasteiger partial charge in [0.05, 0.1) is 17.2 Å². The maximum Gasteiger partial charge on any atom is 0.137 e. The molecule has 0 radical (unpaired) electrons. The number of hydrogen-bond acceptors (Lipinski definition) is 6. The molecule has 2 aromatic heterocycles. The zero-order valence-electron chi connectivity index (χ0n) is 11.1. The van der Waals surface area contributed by atoms with Crippen molar-refractivity contribution in [2.45, 2.75) is 20.4 Å². The Bertz CT molecular complexity index is 537. The summed E-state index contributed by atoms with van der Waals surface area (Å²) in [6, 6.07) is 0. The molecule has 6 heteroatoms. The molecular formula is C12H17N5S. The summed E-state index contributed by atoms with van der Waals surface area (Å²) in [5.41, 5.74) is 2.12. The van der Waals surface area contributed by atoms with E-state index in [0.717, 1.165) is 34.4 Å². The summed E-state index contributed by atoms with van der Waals surface area (Å²) in [5, 5.41) is 6.24. The van der Waals surface area contributed by atoms with Crippen molar-refractivity contribution in [1.29, 1.82) is 0 Å². The second-order valence-corrected chi connectivity index (χ2v) is 5.20. The molecule has 2 heterocycles. The van der Waals surface area contributed by atoms with Crippen LogP contribution in [0.25, 0.3) is 0 Å². The van der Waals surface area contributed by atoms with E-state index in [1.807, 2.05) is 27.9 Å². The summed E-state index contributed by atoms with van der Waals surface area (Å²) in [7, 11) is 3.88. The number of rotatable bonds is 4. The number of hydrogen-bond donors (Lipinski definition) is 1. The molecule has 0 aromatic carbocycles. The van der Waals surface area contributed by atoms with Gasteiger partial charge in [-0.25, -0.2) is 15.0 Å². The summed E-state index contributed by atoms with van der Waals surface area (Å²) in [6.45, 7) is 4.79. The molecule has 0 unspecified atom stereocenters. The molecule has 2 aromatic rings. The fourth-order valence-corrected chi connectivity index (χ4v) is 2.48. The summed E-state index contributed by atoms with van der Waals surface area (Å²) < 4.78 is 0. The highest BCUT2D eigenvalue weighted by Gasteiger charge is 2.11. The van der Waals surface area contributed by atoms with Gasteiger partial charge in [-0.2, -0.15) is 0 Å². The first-order valence-electron chi connectivity index (χ1n) is 5.73. The SMILES string of the molecule is CNc1ncnc(N(C)Cc2csc(C)n2)c1C. The molecule has 2 rings (SSSR count). The van der Waals surface area contributed by atoms with E-state index in [2.05, 4.69) is 30.5 Å². The molecule has 1 N–H and O–H groups in total. The first-order chi connectivity index (χ1) is 8.61. The molecule has 0 aliphatic heterocycles. The van der Waals surface area contributed by atoms with Crippen LogP contribution < -0.4 is 10.2 Å². The van der Waals surface area contributed by atoms with Crippen molar-refractivity contribution in [3.63, 3.8) is 0 Å². The van der Waals surface area contributed by atoms with Crippen molar-refractivity contribution in [3.05, 3.63) is 28.0 Å². The predicted molar refractivity (Wildman–Crippen MR) is 75.3 cm³/mol. The molecule has 0 bridgehead atoms. The fourth-order valence-electron chi connectivity index (χ4n) is 1.88. The van der Waals surface area contributed by atoms with Gasteiger partial charge >= 0.3 is 0 Å². The lowest BCUT2D eigenvalue weighted by molar-refractivity contribution is 0.859. The average Bonchev–Trinajstić information content (AvgIpc) is 2.75. The van der Waals surface area contributed by atoms with Gasteiger partial charge < -0.3 is 10.2 Å². The van der Waals surface area contributed by atoms with Crippen molar-refractivity contribution < 1.29 is 0 Å². The molecule has 0 saturated heterocycles. The van der Waals surface area contributed by atoms with Crippen LogP contribution in [-0.2, 0) is 6.54 Å². The van der Waals surface area contributed by atoms with Crippen LogP contribution in [0, 0.1) is 13.8 Å². The number of aromatic nitrogens is 3. The van der Waals surface area contributed by atoms with Gasteiger partial charge in [0.2, 0.25) is 0 Å². The lowest BCUT2D eigenvalue weighted by atomic mass is 10.3. The molecule has 0 saturated carbocycles. The normalized spacial score (nSPS) is 10.4. The Morgan fingerprint density at radius 2 is 2.11 bits per heavy atom. The van der Waals surface area contributed by atoms with Crippen LogP contribution in [0.1, 0.15) is 16.3 Å². The Morgan fingerprint density at radius 1 is 1.33 bits per heavy atom. The van der Waals surface area contributed by atoms with Crippen LogP contribution in [0.2, 0.25) is 0 Å². The second-order valence-electron chi connectivity index (χ2n) is 4.13. The molecule has 96 valence electrons. The van der Waals surface area contributed by atoms with Crippen LogP contribution in [-0.4, -0.2) is 29.0 Å². The molecule has 0 amide bonds. The lowest BCUT2D eigenvalue weighted by Gasteiger charge is -2.19. The first-order valence-corrected chi connectivity index (χ1v) is 6.61. The topological polar surface area (TPSA) is 53.9 Å². The van der Waals surface area contributed by atoms with E-state index in [-0.39, 0.29) is 0 Å². The number of nitrogens with zero attached hydrogens (tertiary/aromatic N) is 4. The number of thiazole rings is 1. The summed E-state index contributed by atoms with van der Waals surface area (Å²) in [6.07, 6.45) is 1.58. The van der Waals surface area contributed by atoms with Crippen molar-refractivity contribution >= 4 is 23.0 Å². The van der Waals surface area contributed by atoms with E-state index < -0.39 is 0 Å². The van der Waals surface area contributed by atoms with Gasteiger partial charge in [-0.3, -0.25) is 0 Å². The monoisotopic (exact) mass is 263 g/mol. The van der Waals surface area contributed by atoms with Crippen molar-refractivity contribution in [2.75, 3.05) is 24.3 Å². The van der Waals surface area contributed by atoms with Crippen LogP contribution in [0.3, 0.4) is 0 Å². The Labute approximate surface area is 111 Å². The van der Waals surface area contributed by atoms with E-state index in [0.29, 0.717) is 0 Å². The van der Waals surface area contributed by atoms with E-state index >= 15 is 0 Å². The minimum atomic E-state index is 0.755. The van der Waals surface area contributed by atoms with Crippen molar-refractivity contribution in [2.24, 2.45) is 0 Å². The molecule has 0 aliphatic rings. The smallest absolute Gasteiger partial charge is 0.137 e. The minimum Gasteiger partial charge on any atom is -0.373 e. The zero-order valence-corrected chi connectivity index (χ0v) is 11.9. The van der Waals surface area contributed by atoms with E-state index in [1.165, 1.54) is 0 Å². The van der Waals surface area contributed by atoms with E-state index in [1.54, 1.807) is 17.7 Å². The molecular weight excluding hydrogens is 246 g/mol. The van der Waals surface area contributed by atoms with Gasteiger partial charge in [-0.05, 0) is 13.8 Å². The highest BCUT2D eigenvalue weighted by Crippen LogP contribution is 2.22. The standard InChI is InChI=1S/C12H17N5S/c1-8-11(13-3)14-7-15-12(8)17(4)5-10-6-18-9(2)16-10/h6-7H,5H2,1-4H3,(H,13,14,15). The summed E-state index contributed by atoms with van der Waals surface area (Å²) in [5.74, 6) is 1.79. The van der Waals surface area contributed by atoms with Gasteiger partial charge in [-0.15, -0.1) is 11.3 Å². The van der Waals surface area contributed by atoms with Crippen LogP contribution in [0.15, 0.2) is 11.7 Å². The third-order valence-electron chi connectivity index (χ3n) is 2.72. The van der Waals surface area contributed by atoms with E-state index in [4.69, 9.17) is 0 Å². The summed E-state index contributed by atoms with van der Waals surface area (Å²) >= 11 is 1.67. The van der Waals surface area contributed by atoms with Crippen molar-refractivity contribution in [1.82, 2.24) is 15.0 Å². The highest BCUT2D eigenvalue weighted by atomic mass is 32.1. The van der Waals surface area contributed by atoms with Gasteiger partial charge in [0.15, 0.2) is 0 Å². The molecule has 0 aliphatic carbocycles. The Hall–Kier alpha value is -1.69. The third kappa shape index (κ3) is 2.59. The molecule has 0 spiro atoms. The largest absolute Gasteiger partial charge is 0.373 e. The van der Waals surface area contributed by atoms with Gasteiger partial charge in [0.25, 0.3) is 0 Å². The number of aryl methyl sites for hydroxylation is 1. The van der Waals surface area contributed by atoms with Crippen LogP contribution in [0.4, 0.5) is 11.6 Å². The second kappa shape index (κ2) is 5.30. The summed E-state index contributed by atoms with van der Waals surface area (Å²) in [4.78, 5) is 15.1. The average molecular weight is 263 g/mol. The molecule has 0 atom stereocenters. The minimum absolute atomic E-state index is 0.755.